The number of phosphoric ester groups is 1. The molecular formula is C4H13Na2O4P. The molecule has 11 heavy (non-hydrogen) atoms. The van der Waals surface area contributed by atoms with Crippen LogP contribution in [-0.2, 0) is 9.09 Å². The van der Waals surface area contributed by atoms with Gasteiger partial charge >= 0.3 is 66.9 Å². The Morgan fingerprint density at radius 2 is 1.45 bits per heavy atom. The van der Waals surface area contributed by atoms with E-state index in [-0.39, 0.29) is 59.1 Å². The Kier molecular flexibility index (Phi) is 11.2. The van der Waals surface area contributed by atoms with E-state index in [1.807, 2.05) is 0 Å². The van der Waals surface area contributed by atoms with Crippen molar-refractivity contribution in [2.45, 2.75) is 26.4 Å². The topological polar surface area (TPSA) is 66.8 Å². The van der Waals surface area contributed by atoms with Gasteiger partial charge in [0, 0.05) is 0 Å². The summed E-state index contributed by atoms with van der Waals surface area (Å²) in [5.74, 6) is 0. The summed E-state index contributed by atoms with van der Waals surface area (Å²) in [7, 11) is -4.29. The van der Waals surface area contributed by atoms with Crippen LogP contribution in [0.3, 0.4) is 0 Å². The Morgan fingerprint density at radius 1 is 1.18 bits per heavy atom. The third kappa shape index (κ3) is 18.8. The van der Waals surface area contributed by atoms with Crippen LogP contribution in [0.4, 0.5) is 0 Å². The fraction of sp³-hybridized carbons (Fsp3) is 1.00. The van der Waals surface area contributed by atoms with E-state index in [0.29, 0.717) is 0 Å². The molecule has 0 spiro atoms. The van der Waals surface area contributed by atoms with E-state index in [0.717, 1.165) is 0 Å². The molecule has 0 saturated heterocycles. The Bertz CT molecular complexity index is 138. The minimum atomic E-state index is -4.29. The Labute approximate surface area is 111 Å². The first-order valence-electron chi connectivity index (χ1n) is 2.47. The molecule has 0 aromatic rings. The molecule has 0 bridgehead atoms. The molecule has 0 unspecified atom stereocenters. The monoisotopic (exact) mass is 202 g/mol. The third-order valence-electron chi connectivity index (χ3n) is 0.393. The average Bonchev–Trinajstić information content (AvgIpc) is 1.14. The summed E-state index contributed by atoms with van der Waals surface area (Å²) in [5.41, 5.74) is -0.779. The fourth-order valence-electron chi connectivity index (χ4n) is 0.357. The van der Waals surface area contributed by atoms with Crippen LogP contribution in [0.15, 0.2) is 0 Å². The molecule has 0 aliphatic carbocycles. The minimum absolute atomic E-state index is 0. The van der Waals surface area contributed by atoms with Crippen molar-refractivity contribution in [2.24, 2.45) is 0 Å². The van der Waals surface area contributed by atoms with Gasteiger partial charge in [-0.1, -0.05) is 0 Å². The van der Waals surface area contributed by atoms with Crippen molar-refractivity contribution in [1.82, 2.24) is 0 Å². The van der Waals surface area contributed by atoms with Crippen molar-refractivity contribution in [3.05, 3.63) is 0 Å². The molecule has 0 radical (unpaired) electrons. The van der Waals surface area contributed by atoms with Gasteiger partial charge < -0.3 is 9.79 Å². The zero-order valence-electron chi connectivity index (χ0n) is 5.66. The molecule has 60 valence electrons. The van der Waals surface area contributed by atoms with Gasteiger partial charge in [-0.05, 0) is 20.8 Å². The summed E-state index contributed by atoms with van der Waals surface area (Å²) in [6, 6.07) is 0. The molecule has 0 aliphatic heterocycles. The van der Waals surface area contributed by atoms with E-state index >= 15 is 0 Å². The molecule has 0 aromatic carbocycles. The zero-order chi connectivity index (χ0) is 7.71. The second kappa shape index (κ2) is 6.55. The number of hydrogen-bond donors (Lipinski definition) is 2. The van der Waals surface area contributed by atoms with Crippen molar-refractivity contribution < 1.29 is 18.9 Å². The van der Waals surface area contributed by atoms with Gasteiger partial charge in [-0.2, -0.15) is 0 Å². The average molecular weight is 202 g/mol. The van der Waals surface area contributed by atoms with Crippen LogP contribution in [0.1, 0.15) is 20.8 Å². The van der Waals surface area contributed by atoms with E-state index < -0.39 is 13.4 Å². The van der Waals surface area contributed by atoms with Crippen LogP contribution >= 0.6 is 7.82 Å². The fourth-order valence-corrected chi connectivity index (χ4v) is 1.07. The van der Waals surface area contributed by atoms with Crippen molar-refractivity contribution in [1.29, 1.82) is 0 Å². The number of rotatable bonds is 1. The maximum atomic E-state index is 10.1. The van der Waals surface area contributed by atoms with Crippen LogP contribution in [0.2, 0.25) is 0 Å². The molecule has 7 heteroatoms. The van der Waals surface area contributed by atoms with Gasteiger partial charge in [0.1, 0.15) is 0 Å². The van der Waals surface area contributed by atoms with Gasteiger partial charge in [0.2, 0.25) is 0 Å². The standard InChI is InChI=1S/C4H11O4P.2Na.2H/c1-4(2,3)8-9(5,6)7;;;;/h1-3H3,(H2,5,6,7);;;;. The van der Waals surface area contributed by atoms with Gasteiger partial charge in [0.25, 0.3) is 0 Å². The third-order valence-corrected chi connectivity index (χ3v) is 1.18. The quantitative estimate of drug-likeness (QED) is 0.448. The van der Waals surface area contributed by atoms with Gasteiger partial charge in [-0.3, -0.25) is 4.52 Å². The van der Waals surface area contributed by atoms with Gasteiger partial charge in [-0.25, -0.2) is 4.57 Å². The van der Waals surface area contributed by atoms with Gasteiger partial charge in [-0.15, -0.1) is 0 Å². The molecule has 0 rings (SSSR count). The van der Waals surface area contributed by atoms with Crippen LogP contribution in [0.5, 0.6) is 0 Å². The molecule has 0 amide bonds. The summed E-state index contributed by atoms with van der Waals surface area (Å²) in [5, 5.41) is 0. The second-order valence-electron chi connectivity index (χ2n) is 2.69. The van der Waals surface area contributed by atoms with Gasteiger partial charge in [0.15, 0.2) is 0 Å². The summed E-state index contributed by atoms with van der Waals surface area (Å²) in [4.78, 5) is 16.5. The van der Waals surface area contributed by atoms with E-state index in [1.54, 1.807) is 20.8 Å². The van der Waals surface area contributed by atoms with E-state index in [2.05, 4.69) is 4.52 Å². The number of phosphoric acid groups is 1. The SMILES string of the molecule is CC(C)(C)OP(=O)(O)O.[NaH].[NaH]. The molecular weight excluding hydrogens is 189 g/mol. The summed E-state index contributed by atoms with van der Waals surface area (Å²) < 4.78 is 14.4. The van der Waals surface area contributed by atoms with Crippen LogP contribution in [0.25, 0.3) is 0 Å². The molecule has 4 nitrogen and oxygen atoms in total. The molecule has 0 aliphatic rings. The molecule has 0 saturated carbocycles. The second-order valence-corrected chi connectivity index (χ2v) is 3.86. The maximum absolute atomic E-state index is 10.1. The Hall–Kier alpha value is 2.11. The van der Waals surface area contributed by atoms with E-state index in [1.165, 1.54) is 0 Å². The van der Waals surface area contributed by atoms with E-state index in [9.17, 15) is 4.57 Å². The first-order chi connectivity index (χ1) is 3.71. The Morgan fingerprint density at radius 3 is 1.45 bits per heavy atom. The molecule has 0 aromatic heterocycles. The molecule has 0 fully saturated rings. The molecule has 2 N–H and O–H groups in total. The van der Waals surface area contributed by atoms with Crippen LogP contribution in [0, 0.1) is 0 Å². The number of hydrogen-bond acceptors (Lipinski definition) is 2. The zero-order valence-corrected chi connectivity index (χ0v) is 6.55. The Balaban J connectivity index is -0.000000320. The van der Waals surface area contributed by atoms with Crippen LogP contribution < -0.4 is 0 Å². The van der Waals surface area contributed by atoms with Gasteiger partial charge in [0.05, 0.1) is 5.60 Å². The summed E-state index contributed by atoms with van der Waals surface area (Å²) in [6.45, 7) is 4.73. The van der Waals surface area contributed by atoms with Crippen molar-refractivity contribution in [2.75, 3.05) is 0 Å². The summed E-state index contributed by atoms with van der Waals surface area (Å²) >= 11 is 0. The van der Waals surface area contributed by atoms with Crippen molar-refractivity contribution >= 4 is 66.9 Å². The van der Waals surface area contributed by atoms with E-state index in [4.69, 9.17) is 9.79 Å². The van der Waals surface area contributed by atoms with Crippen LogP contribution in [-0.4, -0.2) is 74.5 Å². The molecule has 0 heterocycles. The molecule has 0 atom stereocenters. The first-order valence-corrected chi connectivity index (χ1v) is 4.00. The predicted molar refractivity (Wildman–Crippen MR) is 47.2 cm³/mol. The van der Waals surface area contributed by atoms with Crippen molar-refractivity contribution in [3.63, 3.8) is 0 Å². The predicted octanol–water partition coefficient (Wildman–Crippen LogP) is -0.403. The first kappa shape index (κ1) is 18.8. The normalized spacial score (nSPS) is 11.4. The van der Waals surface area contributed by atoms with Crippen molar-refractivity contribution in [3.8, 4) is 0 Å². The summed E-state index contributed by atoms with van der Waals surface area (Å²) in [6.07, 6.45) is 0.